The second kappa shape index (κ2) is 9.50. The Bertz CT molecular complexity index is 1240. The van der Waals surface area contributed by atoms with Crippen LogP contribution in [0.1, 0.15) is 58.2 Å². The lowest BCUT2D eigenvalue weighted by Gasteiger charge is -2.41. The number of fused-ring (bicyclic) bond motifs is 3. The van der Waals surface area contributed by atoms with Gasteiger partial charge >= 0.3 is 12.1 Å². The summed E-state index contributed by atoms with van der Waals surface area (Å²) >= 11 is 1.18. The number of aromatic carboxylic acids is 1. The van der Waals surface area contributed by atoms with Gasteiger partial charge in [0.05, 0.1) is 12.1 Å². The number of carbonyl (C=O) groups is 3. The molecule has 2 aromatic carbocycles. The van der Waals surface area contributed by atoms with Crippen molar-refractivity contribution in [2.75, 3.05) is 6.61 Å². The fourth-order valence-electron chi connectivity index (χ4n) is 4.83. The van der Waals surface area contributed by atoms with Gasteiger partial charge in [-0.15, -0.1) is 11.3 Å². The van der Waals surface area contributed by atoms with Gasteiger partial charge in [0.15, 0.2) is 5.69 Å². The smallest absolute Gasteiger partial charge is 0.407 e. The number of hydrogen-bond acceptors (Lipinski definition) is 6. The van der Waals surface area contributed by atoms with Gasteiger partial charge in [-0.2, -0.15) is 0 Å². The second-order valence-electron chi connectivity index (χ2n) is 8.97. The minimum absolute atomic E-state index is 0.0252. The molecule has 0 unspecified atom stereocenters. The van der Waals surface area contributed by atoms with Gasteiger partial charge in [0.2, 0.25) is 5.91 Å². The van der Waals surface area contributed by atoms with E-state index in [0.717, 1.165) is 17.5 Å². The van der Waals surface area contributed by atoms with Gasteiger partial charge in [-0.1, -0.05) is 48.5 Å². The van der Waals surface area contributed by atoms with E-state index in [1.54, 1.807) is 0 Å². The maximum atomic E-state index is 12.7. The highest BCUT2D eigenvalue weighted by Gasteiger charge is 2.41. The first-order valence-electron chi connectivity index (χ1n) is 11.5. The third-order valence-electron chi connectivity index (χ3n) is 6.73. The van der Waals surface area contributed by atoms with Crippen LogP contribution in [0.25, 0.3) is 11.1 Å². The quantitative estimate of drug-likeness (QED) is 0.432. The van der Waals surface area contributed by atoms with Gasteiger partial charge in [-0.25, -0.2) is 14.6 Å². The molecule has 0 bridgehead atoms. The lowest BCUT2D eigenvalue weighted by atomic mass is 9.74. The average Bonchev–Trinajstić information content (AvgIpc) is 3.43. The van der Waals surface area contributed by atoms with Crippen molar-refractivity contribution in [2.24, 2.45) is 0 Å². The number of carbonyl (C=O) groups excluding carboxylic acids is 2. The maximum absolute atomic E-state index is 12.7. The molecule has 3 N–H and O–H groups in total. The minimum Gasteiger partial charge on any atom is -0.476 e. The van der Waals surface area contributed by atoms with Crippen molar-refractivity contribution < 1.29 is 24.2 Å². The van der Waals surface area contributed by atoms with Gasteiger partial charge in [-0.3, -0.25) is 4.79 Å². The summed E-state index contributed by atoms with van der Waals surface area (Å²) < 4.78 is 5.66. The summed E-state index contributed by atoms with van der Waals surface area (Å²) in [5, 5.41) is 16.6. The van der Waals surface area contributed by atoms with E-state index in [-0.39, 0.29) is 37.1 Å². The van der Waals surface area contributed by atoms with E-state index in [4.69, 9.17) is 9.84 Å². The Kier molecular flexibility index (Phi) is 6.25. The van der Waals surface area contributed by atoms with E-state index in [1.165, 1.54) is 27.8 Å². The largest absolute Gasteiger partial charge is 0.476 e. The molecule has 35 heavy (non-hydrogen) atoms. The molecule has 1 aromatic heterocycles. The Labute approximate surface area is 206 Å². The van der Waals surface area contributed by atoms with Crippen molar-refractivity contribution >= 4 is 29.3 Å². The highest BCUT2D eigenvalue weighted by Crippen LogP contribution is 2.44. The van der Waals surface area contributed by atoms with E-state index >= 15 is 0 Å². The van der Waals surface area contributed by atoms with Gasteiger partial charge in [-0.05, 0) is 41.5 Å². The lowest BCUT2D eigenvalue weighted by Crippen LogP contribution is -2.56. The molecule has 1 heterocycles. The molecule has 180 valence electrons. The fraction of sp³-hybridized carbons (Fsp3) is 0.308. The Morgan fingerprint density at radius 3 is 2.29 bits per heavy atom. The summed E-state index contributed by atoms with van der Waals surface area (Å²) in [7, 11) is 0. The number of carboxylic acids is 1. The molecule has 2 amide bonds. The standard InChI is InChI=1S/C26H25N3O5S/c30-22(27-13-23-28-21(15-35-23)24(31)32)12-26(10-5-11-26)29-25(33)34-14-20-18-8-3-1-6-16(18)17-7-2-4-9-19(17)20/h1-4,6-9,15,20H,5,10-14H2,(H,27,30)(H,29,33)(H,31,32). The zero-order valence-electron chi connectivity index (χ0n) is 19.0. The summed E-state index contributed by atoms with van der Waals surface area (Å²) in [6, 6.07) is 16.3. The first-order chi connectivity index (χ1) is 16.9. The highest BCUT2D eigenvalue weighted by molar-refractivity contribution is 7.09. The second-order valence-corrected chi connectivity index (χ2v) is 9.91. The van der Waals surface area contributed by atoms with E-state index in [0.29, 0.717) is 17.8 Å². The van der Waals surface area contributed by atoms with E-state index in [2.05, 4.69) is 39.9 Å². The SMILES string of the molecule is O=C(CC1(NC(=O)OCC2c3ccccc3-c3ccccc32)CCC1)NCc1nc(C(=O)O)cs1. The van der Waals surface area contributed by atoms with Gasteiger partial charge in [0.25, 0.3) is 0 Å². The van der Waals surface area contributed by atoms with Crippen molar-refractivity contribution in [3.8, 4) is 11.1 Å². The van der Waals surface area contributed by atoms with Crippen LogP contribution in [0.15, 0.2) is 53.9 Å². The minimum atomic E-state index is -1.10. The number of aromatic nitrogens is 1. The number of hydrogen-bond donors (Lipinski definition) is 3. The van der Waals surface area contributed by atoms with Crippen molar-refractivity contribution in [1.29, 1.82) is 0 Å². The fourth-order valence-corrected chi connectivity index (χ4v) is 5.54. The topological polar surface area (TPSA) is 118 Å². The molecule has 8 nitrogen and oxygen atoms in total. The Morgan fingerprint density at radius 2 is 1.71 bits per heavy atom. The molecule has 1 saturated carbocycles. The number of thiazole rings is 1. The summed E-state index contributed by atoms with van der Waals surface area (Å²) in [6.45, 7) is 0.371. The Morgan fingerprint density at radius 1 is 1.06 bits per heavy atom. The molecular weight excluding hydrogens is 466 g/mol. The zero-order chi connectivity index (χ0) is 24.4. The third kappa shape index (κ3) is 4.77. The number of nitrogens with one attached hydrogen (secondary N) is 2. The normalized spacial score (nSPS) is 15.4. The van der Waals surface area contributed by atoms with Crippen molar-refractivity contribution in [3.63, 3.8) is 0 Å². The maximum Gasteiger partial charge on any atom is 0.407 e. The van der Waals surface area contributed by atoms with Crippen molar-refractivity contribution in [2.45, 2.75) is 43.7 Å². The number of amides is 2. The predicted octanol–water partition coefficient (Wildman–Crippen LogP) is 4.31. The summed E-state index contributed by atoms with van der Waals surface area (Å²) in [6.07, 6.45) is 1.93. The molecule has 9 heteroatoms. The van der Waals surface area contributed by atoms with Crippen LogP contribution in [-0.4, -0.2) is 40.2 Å². The molecule has 0 saturated heterocycles. The number of alkyl carbamates (subject to hydrolysis) is 1. The molecule has 3 aromatic rings. The molecule has 1 fully saturated rings. The molecular formula is C26H25N3O5S. The lowest BCUT2D eigenvalue weighted by molar-refractivity contribution is -0.123. The number of nitrogens with zero attached hydrogens (tertiary/aromatic N) is 1. The monoisotopic (exact) mass is 491 g/mol. The first kappa shape index (κ1) is 23.0. The third-order valence-corrected chi connectivity index (χ3v) is 7.58. The van der Waals surface area contributed by atoms with Gasteiger partial charge < -0.3 is 20.5 Å². The van der Waals surface area contributed by atoms with Crippen LogP contribution in [0.5, 0.6) is 0 Å². The number of carboxylic acid groups (broad SMARTS) is 1. The van der Waals surface area contributed by atoms with Crippen LogP contribution in [-0.2, 0) is 16.1 Å². The molecule has 5 rings (SSSR count). The molecule has 0 aliphatic heterocycles. The van der Waals surface area contributed by atoms with E-state index < -0.39 is 17.6 Å². The van der Waals surface area contributed by atoms with E-state index in [9.17, 15) is 14.4 Å². The van der Waals surface area contributed by atoms with Crippen LogP contribution in [0.3, 0.4) is 0 Å². The number of benzene rings is 2. The number of ether oxygens (including phenoxy) is 1. The summed E-state index contributed by atoms with van der Waals surface area (Å²) in [5.74, 6) is -1.35. The van der Waals surface area contributed by atoms with Crippen LogP contribution < -0.4 is 10.6 Å². The summed E-state index contributed by atoms with van der Waals surface area (Å²) in [5.41, 5.74) is 3.97. The van der Waals surface area contributed by atoms with Crippen LogP contribution in [0.4, 0.5) is 4.79 Å². The molecule has 0 radical (unpaired) electrons. The molecule has 0 atom stereocenters. The Hall–Kier alpha value is -3.72. The molecule has 0 spiro atoms. The number of rotatable bonds is 8. The van der Waals surface area contributed by atoms with E-state index in [1.807, 2.05) is 24.3 Å². The van der Waals surface area contributed by atoms with Gasteiger partial charge in [0, 0.05) is 17.7 Å². The first-order valence-corrected chi connectivity index (χ1v) is 12.4. The highest BCUT2D eigenvalue weighted by atomic mass is 32.1. The Balaban J connectivity index is 1.16. The van der Waals surface area contributed by atoms with Crippen molar-refractivity contribution in [1.82, 2.24) is 15.6 Å². The van der Waals surface area contributed by atoms with Crippen LogP contribution >= 0.6 is 11.3 Å². The summed E-state index contributed by atoms with van der Waals surface area (Å²) in [4.78, 5) is 40.2. The predicted molar refractivity (Wildman–Crippen MR) is 130 cm³/mol. The van der Waals surface area contributed by atoms with Gasteiger partial charge in [0.1, 0.15) is 11.6 Å². The molecule has 2 aliphatic rings. The average molecular weight is 492 g/mol. The van der Waals surface area contributed by atoms with Crippen LogP contribution in [0, 0.1) is 0 Å². The zero-order valence-corrected chi connectivity index (χ0v) is 19.8. The van der Waals surface area contributed by atoms with Crippen molar-refractivity contribution in [3.05, 3.63) is 75.7 Å². The molecule has 2 aliphatic carbocycles. The van der Waals surface area contributed by atoms with Crippen LogP contribution in [0.2, 0.25) is 0 Å².